The van der Waals surface area contributed by atoms with Crippen LogP contribution in [0.4, 0.5) is 5.69 Å². The van der Waals surface area contributed by atoms with Gasteiger partial charge in [-0.2, -0.15) is 0 Å². The zero-order valence-corrected chi connectivity index (χ0v) is 17.3. The Kier molecular flexibility index (Phi) is 7.04. The summed E-state index contributed by atoms with van der Waals surface area (Å²) in [5.41, 5.74) is 0.820. The molecule has 3 aromatic rings. The summed E-state index contributed by atoms with van der Waals surface area (Å²) in [5.74, 6) is -0.327. The average molecular weight is 404 g/mol. The molecular formula is C24H25N2O2P. The summed E-state index contributed by atoms with van der Waals surface area (Å²) in [4.78, 5) is 13.1. The van der Waals surface area contributed by atoms with Crippen LogP contribution in [0.25, 0.3) is 0 Å². The molecule has 4 nitrogen and oxygen atoms in total. The minimum absolute atomic E-state index is 0.229. The summed E-state index contributed by atoms with van der Waals surface area (Å²) in [6.07, 6.45) is 2.38. The highest BCUT2D eigenvalue weighted by atomic mass is 31.2. The Labute approximate surface area is 172 Å². The molecule has 0 aliphatic rings. The topological polar surface area (TPSA) is 58.2 Å². The lowest BCUT2D eigenvalue weighted by molar-refractivity contribution is -0.116. The monoisotopic (exact) mass is 404 g/mol. The second-order valence-electron chi connectivity index (χ2n) is 6.58. The minimum Gasteiger partial charge on any atom is -0.361 e. The van der Waals surface area contributed by atoms with E-state index in [1.54, 1.807) is 6.20 Å². The summed E-state index contributed by atoms with van der Waals surface area (Å²) in [6, 6.07) is 27.9. The number of para-hydroxylation sites is 1. The van der Waals surface area contributed by atoms with E-state index in [0.717, 1.165) is 12.1 Å². The first-order valence-electron chi connectivity index (χ1n) is 9.68. The molecule has 0 aliphatic heterocycles. The molecule has 0 spiro atoms. The number of hydrogen-bond acceptors (Lipinski definition) is 3. The Hall–Kier alpha value is -3.10. The highest BCUT2D eigenvalue weighted by Crippen LogP contribution is 2.51. The summed E-state index contributed by atoms with van der Waals surface area (Å²) >= 11 is 0. The van der Waals surface area contributed by atoms with E-state index in [2.05, 4.69) is 10.6 Å². The van der Waals surface area contributed by atoms with Gasteiger partial charge in [-0.25, -0.2) is 0 Å². The van der Waals surface area contributed by atoms with Crippen molar-refractivity contribution in [2.45, 2.75) is 13.3 Å². The van der Waals surface area contributed by atoms with Crippen LogP contribution in [-0.2, 0) is 9.36 Å². The first kappa shape index (κ1) is 20.6. The van der Waals surface area contributed by atoms with Gasteiger partial charge in [0.05, 0.1) is 0 Å². The third-order valence-electron chi connectivity index (χ3n) is 4.50. The van der Waals surface area contributed by atoms with E-state index in [1.165, 1.54) is 0 Å². The lowest BCUT2D eigenvalue weighted by Gasteiger charge is -2.22. The van der Waals surface area contributed by atoms with Crippen molar-refractivity contribution < 1.29 is 9.36 Å². The fourth-order valence-corrected chi connectivity index (χ4v) is 5.67. The van der Waals surface area contributed by atoms with Crippen LogP contribution in [0.3, 0.4) is 0 Å². The maximum Gasteiger partial charge on any atom is 0.256 e. The number of amides is 1. The third kappa shape index (κ3) is 4.85. The molecule has 0 unspecified atom stereocenters. The van der Waals surface area contributed by atoms with Crippen molar-refractivity contribution in [3.8, 4) is 0 Å². The molecule has 0 aromatic heterocycles. The molecule has 3 rings (SSSR count). The summed E-state index contributed by atoms with van der Waals surface area (Å²) < 4.78 is 14.6. The Morgan fingerprint density at radius 1 is 0.828 bits per heavy atom. The zero-order chi connectivity index (χ0) is 20.5. The van der Waals surface area contributed by atoms with Crippen molar-refractivity contribution in [1.82, 2.24) is 5.32 Å². The second-order valence-corrected chi connectivity index (χ2v) is 9.31. The van der Waals surface area contributed by atoms with Crippen molar-refractivity contribution in [2.24, 2.45) is 0 Å². The molecule has 0 bridgehead atoms. The predicted molar refractivity (Wildman–Crippen MR) is 121 cm³/mol. The highest BCUT2D eigenvalue weighted by Gasteiger charge is 2.36. The molecule has 0 saturated heterocycles. The Morgan fingerprint density at radius 2 is 1.31 bits per heavy atom. The van der Waals surface area contributed by atoms with Crippen LogP contribution >= 0.6 is 7.14 Å². The molecule has 148 valence electrons. The van der Waals surface area contributed by atoms with Gasteiger partial charge in [0, 0.05) is 29.0 Å². The van der Waals surface area contributed by atoms with Gasteiger partial charge in [-0.3, -0.25) is 4.79 Å². The number of carbonyl (C=O) groups excluding carboxylic acids is 1. The van der Waals surface area contributed by atoms with Gasteiger partial charge in [-0.1, -0.05) is 85.8 Å². The van der Waals surface area contributed by atoms with E-state index in [4.69, 9.17) is 0 Å². The largest absolute Gasteiger partial charge is 0.361 e. The summed E-state index contributed by atoms with van der Waals surface area (Å²) in [6.45, 7) is 2.50. The third-order valence-corrected chi connectivity index (χ3v) is 7.56. The maximum atomic E-state index is 14.6. The molecule has 5 heteroatoms. The fraction of sp³-hybridized carbons (Fsp3) is 0.125. The van der Waals surface area contributed by atoms with Crippen LogP contribution in [0.1, 0.15) is 13.3 Å². The number of carbonyl (C=O) groups is 1. The maximum absolute atomic E-state index is 14.6. The molecular weight excluding hydrogens is 379 g/mol. The van der Waals surface area contributed by atoms with Gasteiger partial charge in [-0.05, 0) is 18.6 Å². The van der Waals surface area contributed by atoms with Crippen molar-refractivity contribution in [3.05, 3.63) is 103 Å². The van der Waals surface area contributed by atoms with Crippen LogP contribution in [0.2, 0.25) is 0 Å². The number of rotatable bonds is 8. The Morgan fingerprint density at radius 3 is 1.79 bits per heavy atom. The van der Waals surface area contributed by atoms with Crippen molar-refractivity contribution in [3.63, 3.8) is 0 Å². The molecule has 3 aromatic carbocycles. The normalized spacial score (nSPS) is 11.7. The lowest BCUT2D eigenvalue weighted by atomic mass is 10.3. The molecule has 0 atom stereocenters. The van der Waals surface area contributed by atoms with Crippen LogP contribution in [0.5, 0.6) is 0 Å². The standard InChI is InChI=1S/C24H25N2O2P/c1-2-18-25-24(27)23(19-26-20-12-6-3-7-13-20)29(28,21-14-8-4-9-15-21)22-16-10-5-11-17-22/h3-17,19,26H,2,18H2,1H3,(H,25,27)/b23-19+. The van der Waals surface area contributed by atoms with Gasteiger partial charge >= 0.3 is 0 Å². The molecule has 0 radical (unpaired) electrons. The second kappa shape index (κ2) is 9.90. The smallest absolute Gasteiger partial charge is 0.256 e. The van der Waals surface area contributed by atoms with Gasteiger partial charge in [0.1, 0.15) is 5.31 Å². The number of benzene rings is 3. The molecule has 2 N–H and O–H groups in total. The lowest BCUT2D eigenvalue weighted by Crippen LogP contribution is -2.30. The van der Waals surface area contributed by atoms with Crippen molar-refractivity contribution in [1.29, 1.82) is 0 Å². The predicted octanol–water partition coefficient (Wildman–Crippen LogP) is 4.48. The number of nitrogens with one attached hydrogen (secondary N) is 2. The van der Waals surface area contributed by atoms with E-state index in [9.17, 15) is 9.36 Å². The Bertz CT molecular complexity index is 959. The highest BCUT2D eigenvalue weighted by molar-refractivity contribution is 7.83. The van der Waals surface area contributed by atoms with Gasteiger partial charge in [-0.15, -0.1) is 0 Å². The molecule has 0 heterocycles. The van der Waals surface area contributed by atoms with E-state index in [-0.39, 0.29) is 11.2 Å². The van der Waals surface area contributed by atoms with Crippen molar-refractivity contribution >= 4 is 29.3 Å². The van der Waals surface area contributed by atoms with Gasteiger partial charge < -0.3 is 15.2 Å². The van der Waals surface area contributed by atoms with Gasteiger partial charge in [0.25, 0.3) is 5.91 Å². The van der Waals surface area contributed by atoms with E-state index >= 15 is 0 Å². The van der Waals surface area contributed by atoms with Crippen LogP contribution in [0, 0.1) is 0 Å². The Balaban J connectivity index is 2.14. The van der Waals surface area contributed by atoms with Gasteiger partial charge in [0.15, 0.2) is 7.14 Å². The van der Waals surface area contributed by atoms with Crippen LogP contribution < -0.4 is 21.2 Å². The number of hydrogen-bond donors (Lipinski definition) is 2. The quantitative estimate of drug-likeness (QED) is 0.430. The molecule has 29 heavy (non-hydrogen) atoms. The van der Waals surface area contributed by atoms with Crippen molar-refractivity contribution in [2.75, 3.05) is 11.9 Å². The molecule has 1 amide bonds. The molecule has 0 aliphatic carbocycles. The van der Waals surface area contributed by atoms with E-state index in [0.29, 0.717) is 17.2 Å². The summed E-state index contributed by atoms with van der Waals surface area (Å²) in [7, 11) is -3.38. The molecule has 0 fully saturated rings. The number of anilines is 1. The average Bonchev–Trinajstić information content (AvgIpc) is 2.79. The minimum atomic E-state index is -3.38. The first-order valence-corrected chi connectivity index (χ1v) is 11.4. The van der Waals surface area contributed by atoms with Crippen LogP contribution in [0.15, 0.2) is 103 Å². The van der Waals surface area contributed by atoms with E-state index in [1.807, 2.05) is 97.9 Å². The SMILES string of the molecule is CCCNC(=O)/C(=C\Nc1ccccc1)P(=O)(c1ccccc1)c1ccccc1. The first-order chi connectivity index (χ1) is 14.2. The zero-order valence-electron chi connectivity index (χ0n) is 16.4. The fourth-order valence-electron chi connectivity index (χ4n) is 3.02. The molecule has 0 saturated carbocycles. The van der Waals surface area contributed by atoms with Gasteiger partial charge in [0.2, 0.25) is 0 Å². The van der Waals surface area contributed by atoms with E-state index < -0.39 is 7.14 Å². The summed E-state index contributed by atoms with van der Waals surface area (Å²) in [5, 5.41) is 7.52. The van der Waals surface area contributed by atoms with Crippen LogP contribution in [-0.4, -0.2) is 12.5 Å².